The first-order chi connectivity index (χ1) is 11.6. The lowest BCUT2D eigenvalue weighted by Crippen LogP contribution is -2.30. The summed E-state index contributed by atoms with van der Waals surface area (Å²) in [5, 5.41) is 10.9. The van der Waals surface area contributed by atoms with E-state index in [1.54, 1.807) is 11.0 Å². The number of nitro groups is 1. The fraction of sp³-hybridized carbons (Fsp3) is 0.278. The minimum Gasteiger partial charge on any atom is -0.494 e. The molecule has 0 spiro atoms. The Labute approximate surface area is 139 Å². The third-order valence-electron chi connectivity index (χ3n) is 4.07. The quantitative estimate of drug-likeness (QED) is 0.625. The highest BCUT2D eigenvalue weighted by Gasteiger charge is 2.26. The zero-order valence-corrected chi connectivity index (χ0v) is 13.4. The lowest BCUT2D eigenvalue weighted by molar-refractivity contribution is -0.384. The number of amides is 1. The van der Waals surface area contributed by atoms with E-state index >= 15 is 0 Å². The van der Waals surface area contributed by atoms with Crippen molar-refractivity contribution in [1.29, 1.82) is 0 Å². The average Bonchev–Trinajstić information content (AvgIpc) is 3.00. The second-order valence-electron chi connectivity index (χ2n) is 5.62. The molecular formula is C18H18N2O4. The Morgan fingerprint density at radius 3 is 2.67 bits per heavy atom. The number of hydrogen-bond acceptors (Lipinski definition) is 4. The summed E-state index contributed by atoms with van der Waals surface area (Å²) in [6.45, 7) is 3.08. The molecule has 0 saturated carbocycles. The van der Waals surface area contributed by atoms with Gasteiger partial charge in [-0.05, 0) is 36.6 Å². The van der Waals surface area contributed by atoms with E-state index in [0.29, 0.717) is 18.8 Å². The Balaban J connectivity index is 1.75. The van der Waals surface area contributed by atoms with Gasteiger partial charge in [0.25, 0.3) is 5.69 Å². The molecule has 2 aromatic rings. The Hall–Kier alpha value is -2.89. The lowest BCUT2D eigenvalue weighted by Gasteiger charge is -2.17. The molecule has 1 amide bonds. The molecule has 0 bridgehead atoms. The summed E-state index contributed by atoms with van der Waals surface area (Å²) in [5.74, 6) is 0.717. The molecule has 0 radical (unpaired) electrons. The zero-order valence-electron chi connectivity index (χ0n) is 13.4. The maximum absolute atomic E-state index is 12.6. The van der Waals surface area contributed by atoms with Crippen molar-refractivity contribution in [3.05, 3.63) is 63.7 Å². The molecule has 124 valence electrons. The Morgan fingerprint density at radius 2 is 2.00 bits per heavy atom. The summed E-state index contributed by atoms with van der Waals surface area (Å²) >= 11 is 0. The molecule has 3 rings (SSSR count). The van der Waals surface area contributed by atoms with Crippen molar-refractivity contribution in [2.24, 2.45) is 0 Å². The van der Waals surface area contributed by atoms with Gasteiger partial charge < -0.3 is 9.64 Å². The fourth-order valence-electron chi connectivity index (χ4n) is 2.88. The SMILES string of the molecule is CCOc1ccc(CC(=O)N2CCc3ccc([N+](=O)[O-])cc32)cc1. The summed E-state index contributed by atoms with van der Waals surface area (Å²) in [7, 11) is 0. The van der Waals surface area contributed by atoms with Gasteiger partial charge in [0, 0.05) is 18.7 Å². The molecule has 0 aliphatic carbocycles. The number of non-ortho nitro benzene ring substituents is 1. The molecule has 2 aromatic carbocycles. The normalized spacial score (nSPS) is 12.8. The summed E-state index contributed by atoms with van der Waals surface area (Å²) in [6.07, 6.45) is 0.983. The van der Waals surface area contributed by atoms with Crippen LogP contribution in [0.4, 0.5) is 11.4 Å². The number of hydrogen-bond donors (Lipinski definition) is 0. The van der Waals surface area contributed by atoms with Crippen LogP contribution in [0.5, 0.6) is 5.75 Å². The van der Waals surface area contributed by atoms with Gasteiger partial charge in [0.2, 0.25) is 5.91 Å². The fourth-order valence-corrected chi connectivity index (χ4v) is 2.88. The molecule has 1 heterocycles. The van der Waals surface area contributed by atoms with Crippen LogP contribution in [0.25, 0.3) is 0 Å². The van der Waals surface area contributed by atoms with Gasteiger partial charge >= 0.3 is 0 Å². The number of nitrogens with zero attached hydrogens (tertiary/aromatic N) is 2. The Kier molecular flexibility index (Phi) is 4.46. The molecule has 6 nitrogen and oxygen atoms in total. The average molecular weight is 326 g/mol. The predicted molar refractivity (Wildman–Crippen MR) is 90.5 cm³/mol. The summed E-state index contributed by atoms with van der Waals surface area (Å²) in [6, 6.07) is 12.1. The van der Waals surface area contributed by atoms with Crippen LogP contribution in [-0.4, -0.2) is 24.0 Å². The van der Waals surface area contributed by atoms with Gasteiger partial charge in [0.1, 0.15) is 5.75 Å². The van der Waals surface area contributed by atoms with Gasteiger partial charge in [0.05, 0.1) is 23.6 Å². The van der Waals surface area contributed by atoms with E-state index in [2.05, 4.69) is 0 Å². The molecule has 0 aromatic heterocycles. The largest absolute Gasteiger partial charge is 0.494 e. The van der Waals surface area contributed by atoms with Gasteiger partial charge in [-0.1, -0.05) is 18.2 Å². The molecule has 1 aliphatic rings. The first kappa shape index (κ1) is 16.0. The number of nitro benzene ring substituents is 1. The molecule has 6 heteroatoms. The van der Waals surface area contributed by atoms with Crippen LogP contribution < -0.4 is 9.64 Å². The van der Waals surface area contributed by atoms with Gasteiger partial charge in [-0.2, -0.15) is 0 Å². The summed E-state index contributed by atoms with van der Waals surface area (Å²) in [4.78, 5) is 24.7. The van der Waals surface area contributed by atoms with E-state index in [1.807, 2.05) is 31.2 Å². The van der Waals surface area contributed by atoms with Crippen LogP contribution in [0.3, 0.4) is 0 Å². The number of rotatable bonds is 5. The van der Waals surface area contributed by atoms with Gasteiger partial charge in [-0.15, -0.1) is 0 Å². The number of benzene rings is 2. The van der Waals surface area contributed by atoms with E-state index in [1.165, 1.54) is 12.1 Å². The van der Waals surface area contributed by atoms with Crippen LogP contribution in [-0.2, 0) is 17.6 Å². The molecule has 0 saturated heterocycles. The second-order valence-corrected chi connectivity index (χ2v) is 5.62. The van der Waals surface area contributed by atoms with E-state index < -0.39 is 4.92 Å². The van der Waals surface area contributed by atoms with E-state index in [9.17, 15) is 14.9 Å². The van der Waals surface area contributed by atoms with Crippen molar-refractivity contribution in [2.75, 3.05) is 18.1 Å². The topological polar surface area (TPSA) is 72.7 Å². The predicted octanol–water partition coefficient (Wildman–Crippen LogP) is 3.13. The van der Waals surface area contributed by atoms with Crippen molar-refractivity contribution in [3.63, 3.8) is 0 Å². The lowest BCUT2D eigenvalue weighted by atomic mass is 10.1. The monoisotopic (exact) mass is 326 g/mol. The van der Waals surface area contributed by atoms with E-state index in [4.69, 9.17) is 4.74 Å². The van der Waals surface area contributed by atoms with Crippen molar-refractivity contribution in [2.45, 2.75) is 19.8 Å². The van der Waals surface area contributed by atoms with E-state index in [-0.39, 0.29) is 18.0 Å². The molecule has 0 unspecified atom stereocenters. The highest BCUT2D eigenvalue weighted by molar-refractivity contribution is 5.97. The van der Waals surface area contributed by atoms with E-state index in [0.717, 1.165) is 23.3 Å². The standard InChI is InChI=1S/C18H18N2O4/c1-2-24-16-7-3-13(4-8-16)11-18(21)19-10-9-14-5-6-15(20(22)23)12-17(14)19/h3-8,12H,2,9-11H2,1H3. The van der Waals surface area contributed by atoms with Crippen LogP contribution in [0, 0.1) is 10.1 Å². The number of carbonyl (C=O) groups excluding carboxylic acids is 1. The molecule has 1 aliphatic heterocycles. The molecule has 0 atom stereocenters. The Bertz CT molecular complexity index is 771. The van der Waals surface area contributed by atoms with Crippen molar-refractivity contribution < 1.29 is 14.5 Å². The zero-order chi connectivity index (χ0) is 17.1. The van der Waals surface area contributed by atoms with Crippen molar-refractivity contribution in [3.8, 4) is 5.75 Å². The third kappa shape index (κ3) is 3.22. The van der Waals surface area contributed by atoms with Gasteiger partial charge in [0.15, 0.2) is 0 Å². The van der Waals surface area contributed by atoms with Crippen LogP contribution in [0.2, 0.25) is 0 Å². The number of anilines is 1. The van der Waals surface area contributed by atoms with Gasteiger partial charge in [-0.3, -0.25) is 14.9 Å². The highest BCUT2D eigenvalue weighted by Crippen LogP contribution is 2.32. The summed E-state index contributed by atoms with van der Waals surface area (Å²) < 4.78 is 5.39. The van der Waals surface area contributed by atoms with Gasteiger partial charge in [-0.25, -0.2) is 0 Å². The van der Waals surface area contributed by atoms with Crippen molar-refractivity contribution in [1.82, 2.24) is 0 Å². The maximum atomic E-state index is 12.6. The smallest absolute Gasteiger partial charge is 0.271 e. The first-order valence-electron chi connectivity index (χ1n) is 7.88. The maximum Gasteiger partial charge on any atom is 0.271 e. The van der Waals surface area contributed by atoms with Crippen molar-refractivity contribution >= 4 is 17.3 Å². The molecule has 24 heavy (non-hydrogen) atoms. The molecule has 0 N–H and O–H groups in total. The first-order valence-corrected chi connectivity index (χ1v) is 7.88. The Morgan fingerprint density at radius 1 is 1.25 bits per heavy atom. The minimum atomic E-state index is -0.437. The second kappa shape index (κ2) is 6.70. The van der Waals surface area contributed by atoms with Crippen LogP contribution >= 0.6 is 0 Å². The third-order valence-corrected chi connectivity index (χ3v) is 4.07. The number of carbonyl (C=O) groups is 1. The summed E-state index contributed by atoms with van der Waals surface area (Å²) in [5.41, 5.74) is 2.53. The highest BCUT2D eigenvalue weighted by atomic mass is 16.6. The number of ether oxygens (including phenoxy) is 1. The molecular weight excluding hydrogens is 308 g/mol. The van der Waals surface area contributed by atoms with Crippen LogP contribution in [0.15, 0.2) is 42.5 Å². The molecule has 0 fully saturated rings. The minimum absolute atomic E-state index is 0.00881. The van der Waals surface area contributed by atoms with Crippen LogP contribution in [0.1, 0.15) is 18.1 Å². The number of fused-ring (bicyclic) bond motifs is 1.